The van der Waals surface area contributed by atoms with Crippen molar-refractivity contribution in [2.75, 3.05) is 47.6 Å². The summed E-state index contributed by atoms with van der Waals surface area (Å²) in [4.78, 5) is 34.4. The van der Waals surface area contributed by atoms with Crippen LogP contribution in [0.5, 0.6) is 11.5 Å². The highest BCUT2D eigenvalue weighted by atomic mass is 16.5. The number of H-pyrrole nitrogens is 1. The first-order valence-corrected chi connectivity index (χ1v) is 14.3. The first-order chi connectivity index (χ1) is 21.0. The average Bonchev–Trinajstić information content (AvgIpc) is 3.47. The van der Waals surface area contributed by atoms with Crippen molar-refractivity contribution in [3.05, 3.63) is 108 Å². The highest BCUT2D eigenvalue weighted by molar-refractivity contribution is 6.00. The summed E-state index contributed by atoms with van der Waals surface area (Å²) < 4.78 is 16.2. The second kappa shape index (κ2) is 13.9. The maximum absolute atomic E-state index is 14.0. The molecule has 0 fully saturated rings. The number of benzene rings is 4. The third-order valence-electron chi connectivity index (χ3n) is 7.68. The fourth-order valence-electron chi connectivity index (χ4n) is 5.31. The van der Waals surface area contributed by atoms with Crippen LogP contribution < -0.4 is 9.47 Å². The highest BCUT2D eigenvalue weighted by Crippen LogP contribution is 2.28. The van der Waals surface area contributed by atoms with Gasteiger partial charge < -0.3 is 29.0 Å². The van der Waals surface area contributed by atoms with Gasteiger partial charge in [-0.15, -0.1) is 0 Å². The Morgan fingerprint density at radius 1 is 0.767 bits per heavy atom. The number of nitrogens with one attached hydrogen (secondary N) is 1. The molecule has 2 amide bonds. The van der Waals surface area contributed by atoms with Crippen LogP contribution in [0.4, 0.5) is 0 Å². The Kier molecular flexibility index (Phi) is 9.59. The second-order valence-electron chi connectivity index (χ2n) is 10.4. The molecule has 0 saturated heterocycles. The molecular formula is C35H37N3O5. The van der Waals surface area contributed by atoms with E-state index in [2.05, 4.69) is 11.1 Å². The van der Waals surface area contributed by atoms with Crippen molar-refractivity contribution in [1.82, 2.24) is 14.8 Å². The zero-order valence-electron chi connectivity index (χ0n) is 24.8. The third kappa shape index (κ3) is 6.98. The lowest BCUT2D eigenvalue weighted by Gasteiger charge is -2.28. The van der Waals surface area contributed by atoms with Crippen molar-refractivity contribution in [3.8, 4) is 11.5 Å². The van der Waals surface area contributed by atoms with Crippen LogP contribution in [0, 0.1) is 0 Å². The van der Waals surface area contributed by atoms with Gasteiger partial charge in [-0.2, -0.15) is 0 Å². The summed E-state index contributed by atoms with van der Waals surface area (Å²) in [5, 5.41) is 3.16. The molecule has 0 radical (unpaired) electrons. The number of carbonyl (C=O) groups is 2. The molecule has 1 heterocycles. The van der Waals surface area contributed by atoms with Crippen LogP contribution in [-0.2, 0) is 22.5 Å². The van der Waals surface area contributed by atoms with Crippen LogP contribution in [0.1, 0.15) is 21.5 Å². The van der Waals surface area contributed by atoms with Crippen LogP contribution in [-0.4, -0.2) is 74.2 Å². The number of amides is 2. The van der Waals surface area contributed by atoms with Crippen molar-refractivity contribution in [3.63, 3.8) is 0 Å². The minimum Gasteiger partial charge on any atom is -0.493 e. The normalized spacial score (nSPS) is 11.0. The Bertz CT molecular complexity index is 1710. The highest BCUT2D eigenvalue weighted by Gasteiger charge is 2.23. The van der Waals surface area contributed by atoms with Gasteiger partial charge in [0.25, 0.3) is 5.91 Å². The summed E-state index contributed by atoms with van der Waals surface area (Å²) in [6, 6.07) is 27.3. The number of hydrogen-bond acceptors (Lipinski definition) is 5. The van der Waals surface area contributed by atoms with Crippen molar-refractivity contribution >= 4 is 33.5 Å². The third-order valence-corrected chi connectivity index (χ3v) is 7.68. The van der Waals surface area contributed by atoms with Crippen molar-refractivity contribution in [2.45, 2.75) is 13.0 Å². The first kappa shape index (κ1) is 29.7. The Labute approximate surface area is 251 Å². The van der Waals surface area contributed by atoms with Crippen LogP contribution in [0.3, 0.4) is 0 Å². The molecule has 5 rings (SSSR count). The number of aromatic nitrogens is 1. The molecule has 0 atom stereocenters. The van der Waals surface area contributed by atoms with E-state index in [1.54, 1.807) is 31.1 Å². The van der Waals surface area contributed by atoms with E-state index in [9.17, 15) is 9.59 Å². The summed E-state index contributed by atoms with van der Waals surface area (Å²) >= 11 is 0. The van der Waals surface area contributed by atoms with Gasteiger partial charge in [0.2, 0.25) is 5.91 Å². The molecule has 222 valence electrons. The quantitative estimate of drug-likeness (QED) is 0.194. The molecule has 1 N–H and O–H groups in total. The van der Waals surface area contributed by atoms with Gasteiger partial charge in [-0.25, -0.2) is 0 Å². The van der Waals surface area contributed by atoms with Gasteiger partial charge in [0.05, 0.1) is 20.8 Å². The predicted octanol–water partition coefficient (Wildman–Crippen LogP) is 5.70. The molecule has 1 aromatic heterocycles. The molecule has 0 unspecified atom stereocenters. The topological polar surface area (TPSA) is 84.1 Å². The molecule has 5 aromatic rings. The SMILES string of the molecule is COCCN(CC(=O)N(CCc1c[nH]c2ccccc12)Cc1ccc(OC)c(OC)c1)C(=O)c1ccc2ccccc2c1. The Morgan fingerprint density at radius 3 is 2.33 bits per heavy atom. The van der Waals surface area contributed by atoms with E-state index in [4.69, 9.17) is 14.2 Å². The molecule has 43 heavy (non-hydrogen) atoms. The fourth-order valence-corrected chi connectivity index (χ4v) is 5.31. The van der Waals surface area contributed by atoms with Gasteiger partial charge in [0.15, 0.2) is 11.5 Å². The number of fused-ring (bicyclic) bond motifs is 2. The van der Waals surface area contributed by atoms with Crippen LogP contribution in [0.15, 0.2) is 91.1 Å². The largest absolute Gasteiger partial charge is 0.493 e. The van der Waals surface area contributed by atoms with Crippen molar-refractivity contribution in [2.24, 2.45) is 0 Å². The molecule has 4 aromatic carbocycles. The molecular weight excluding hydrogens is 542 g/mol. The Morgan fingerprint density at radius 2 is 1.53 bits per heavy atom. The predicted molar refractivity (Wildman–Crippen MR) is 169 cm³/mol. The monoisotopic (exact) mass is 579 g/mol. The number of rotatable bonds is 13. The van der Waals surface area contributed by atoms with E-state index in [0.29, 0.717) is 49.7 Å². The first-order valence-electron chi connectivity index (χ1n) is 14.3. The Balaban J connectivity index is 1.40. The van der Waals surface area contributed by atoms with Crippen molar-refractivity contribution in [1.29, 1.82) is 0 Å². The van der Waals surface area contributed by atoms with E-state index >= 15 is 0 Å². The molecule has 0 spiro atoms. The van der Waals surface area contributed by atoms with E-state index in [1.165, 1.54) is 0 Å². The van der Waals surface area contributed by atoms with Gasteiger partial charge in [0.1, 0.15) is 6.54 Å². The van der Waals surface area contributed by atoms with E-state index < -0.39 is 0 Å². The summed E-state index contributed by atoms with van der Waals surface area (Å²) in [5.74, 6) is 0.852. The fraction of sp³-hybridized carbons (Fsp3) is 0.257. The lowest BCUT2D eigenvalue weighted by molar-refractivity contribution is -0.132. The maximum Gasteiger partial charge on any atom is 0.254 e. The van der Waals surface area contributed by atoms with Crippen LogP contribution in [0.2, 0.25) is 0 Å². The minimum atomic E-state index is -0.209. The van der Waals surface area contributed by atoms with E-state index in [1.807, 2.05) is 85.1 Å². The van der Waals surface area contributed by atoms with Crippen LogP contribution in [0.25, 0.3) is 21.7 Å². The van der Waals surface area contributed by atoms with Gasteiger partial charge in [-0.3, -0.25) is 9.59 Å². The molecule has 8 heteroatoms. The van der Waals surface area contributed by atoms with Gasteiger partial charge >= 0.3 is 0 Å². The number of nitrogens with zero attached hydrogens (tertiary/aromatic N) is 2. The maximum atomic E-state index is 14.0. The average molecular weight is 580 g/mol. The Hall–Kier alpha value is -4.82. The zero-order chi connectivity index (χ0) is 30.2. The number of carbonyl (C=O) groups excluding carboxylic acids is 2. The number of methoxy groups -OCH3 is 3. The summed E-state index contributed by atoms with van der Waals surface area (Å²) in [6.45, 7) is 1.36. The van der Waals surface area contributed by atoms with Gasteiger partial charge in [-0.05, 0) is 58.7 Å². The molecule has 0 aliphatic heterocycles. The molecule has 0 aliphatic rings. The summed E-state index contributed by atoms with van der Waals surface area (Å²) in [7, 11) is 4.77. The second-order valence-corrected chi connectivity index (χ2v) is 10.4. The van der Waals surface area contributed by atoms with E-state index in [0.717, 1.165) is 32.8 Å². The minimum absolute atomic E-state index is 0.0732. The number of para-hydroxylation sites is 1. The smallest absolute Gasteiger partial charge is 0.254 e. The molecule has 0 aliphatic carbocycles. The standard InChI is InChI=1S/C35H37N3O5/c1-41-19-18-38(35(40)28-14-13-26-8-4-5-9-27(26)21-28)24-34(39)37(23-25-12-15-32(42-2)33(20-25)43-3)17-16-29-22-36-31-11-7-6-10-30(29)31/h4-15,20-22,36H,16-19,23-24H2,1-3H3. The van der Waals surface area contributed by atoms with E-state index in [-0.39, 0.29) is 18.4 Å². The molecule has 8 nitrogen and oxygen atoms in total. The lowest BCUT2D eigenvalue weighted by atomic mass is 10.1. The van der Waals surface area contributed by atoms with Gasteiger partial charge in [0, 0.05) is 49.4 Å². The molecule has 0 bridgehead atoms. The molecule has 0 saturated carbocycles. The summed E-state index contributed by atoms with van der Waals surface area (Å²) in [6.07, 6.45) is 2.65. The number of ether oxygens (including phenoxy) is 3. The number of aromatic amines is 1. The number of hydrogen-bond donors (Lipinski definition) is 1. The summed E-state index contributed by atoms with van der Waals surface area (Å²) in [5.41, 5.74) is 3.62. The zero-order valence-corrected chi connectivity index (χ0v) is 24.8. The van der Waals surface area contributed by atoms with Crippen LogP contribution >= 0.6 is 0 Å². The lowest BCUT2D eigenvalue weighted by Crippen LogP contribution is -2.44. The van der Waals surface area contributed by atoms with Gasteiger partial charge in [-0.1, -0.05) is 54.6 Å². The van der Waals surface area contributed by atoms with Crippen molar-refractivity contribution < 1.29 is 23.8 Å².